The van der Waals surface area contributed by atoms with Crippen molar-refractivity contribution in [1.29, 1.82) is 0 Å². The lowest BCUT2D eigenvalue weighted by atomic mass is 9.83. The highest BCUT2D eigenvalue weighted by Crippen LogP contribution is 2.31. The summed E-state index contributed by atoms with van der Waals surface area (Å²) in [7, 11) is 0. The molecule has 0 bridgehead atoms. The van der Waals surface area contributed by atoms with Crippen molar-refractivity contribution in [2.24, 2.45) is 0 Å². The van der Waals surface area contributed by atoms with Crippen molar-refractivity contribution >= 4 is 29.0 Å². The molecule has 1 heterocycles. The second-order valence-electron chi connectivity index (χ2n) is 4.93. The molecule has 1 aromatic carbocycles. The summed E-state index contributed by atoms with van der Waals surface area (Å²) >= 11 is 12.0. The summed E-state index contributed by atoms with van der Waals surface area (Å²) in [5, 5.41) is 11.9. The monoisotopic (exact) mass is 335 g/mol. The first-order valence-electron chi connectivity index (χ1n) is 6.68. The van der Waals surface area contributed by atoms with E-state index in [0.29, 0.717) is 21.2 Å². The first-order chi connectivity index (χ1) is 10.5. The second-order valence-corrected chi connectivity index (χ2v) is 5.77. The van der Waals surface area contributed by atoms with Gasteiger partial charge in [-0.25, -0.2) is 0 Å². The van der Waals surface area contributed by atoms with Gasteiger partial charge in [0.1, 0.15) is 0 Å². The van der Waals surface area contributed by atoms with Gasteiger partial charge >= 0.3 is 0 Å². The molecule has 0 saturated heterocycles. The number of benzene rings is 1. The molecule has 0 aliphatic carbocycles. The number of ketones is 1. The molecule has 0 spiro atoms. The van der Waals surface area contributed by atoms with Gasteiger partial charge in [0, 0.05) is 40.8 Å². The van der Waals surface area contributed by atoms with Gasteiger partial charge in [0.15, 0.2) is 11.4 Å². The van der Waals surface area contributed by atoms with Crippen LogP contribution in [0, 0.1) is 0 Å². The lowest BCUT2D eigenvalue weighted by molar-refractivity contribution is -0.137. The Morgan fingerprint density at radius 2 is 2.14 bits per heavy atom. The Labute approximate surface area is 139 Å². The van der Waals surface area contributed by atoms with Crippen LogP contribution in [-0.2, 0) is 16.8 Å². The van der Waals surface area contributed by atoms with Crippen LogP contribution >= 0.6 is 23.2 Å². The fraction of sp³-hybridized carbons (Fsp3) is 0.176. The number of hydrogen-bond donors (Lipinski definition) is 1. The maximum absolute atomic E-state index is 12.4. The Kier molecular flexibility index (Phi) is 5.35. The molecule has 1 atom stereocenters. The van der Waals surface area contributed by atoms with E-state index in [4.69, 9.17) is 23.2 Å². The van der Waals surface area contributed by atoms with Crippen LogP contribution in [0.3, 0.4) is 0 Å². The third-order valence-electron chi connectivity index (χ3n) is 3.39. The number of nitrogens with zero attached hydrogens (tertiary/aromatic N) is 1. The topological polar surface area (TPSA) is 50.2 Å². The first kappa shape index (κ1) is 16.7. The zero-order valence-electron chi connectivity index (χ0n) is 11.8. The van der Waals surface area contributed by atoms with Crippen LogP contribution in [0.1, 0.15) is 17.5 Å². The van der Waals surface area contributed by atoms with E-state index in [1.807, 2.05) is 0 Å². The molecule has 5 heteroatoms. The smallest absolute Gasteiger partial charge is 0.173 e. The van der Waals surface area contributed by atoms with Crippen molar-refractivity contribution in [3.05, 3.63) is 76.6 Å². The van der Waals surface area contributed by atoms with Crippen molar-refractivity contribution in [1.82, 2.24) is 4.98 Å². The Morgan fingerprint density at radius 1 is 1.36 bits per heavy atom. The van der Waals surface area contributed by atoms with E-state index in [9.17, 15) is 9.90 Å². The number of aromatic nitrogens is 1. The summed E-state index contributed by atoms with van der Waals surface area (Å²) < 4.78 is 0. The Morgan fingerprint density at radius 3 is 2.73 bits per heavy atom. The third kappa shape index (κ3) is 3.55. The van der Waals surface area contributed by atoms with Gasteiger partial charge in [0.05, 0.1) is 0 Å². The van der Waals surface area contributed by atoms with Gasteiger partial charge in [-0.1, -0.05) is 41.4 Å². The SMILES string of the molecule is C=CCC(=O)C(O)(Cc1ccc(Cl)cc1Cl)c1cccnc1. The molecule has 2 aromatic rings. The number of hydrogen-bond acceptors (Lipinski definition) is 3. The van der Waals surface area contributed by atoms with Gasteiger partial charge < -0.3 is 5.11 Å². The minimum Gasteiger partial charge on any atom is -0.377 e. The predicted molar refractivity (Wildman–Crippen MR) is 88.1 cm³/mol. The fourth-order valence-corrected chi connectivity index (χ4v) is 2.68. The van der Waals surface area contributed by atoms with Gasteiger partial charge in [-0.05, 0) is 23.8 Å². The largest absolute Gasteiger partial charge is 0.377 e. The van der Waals surface area contributed by atoms with E-state index in [0.717, 1.165) is 0 Å². The summed E-state index contributed by atoms with van der Waals surface area (Å²) in [6, 6.07) is 8.29. The quantitative estimate of drug-likeness (QED) is 0.812. The average Bonchev–Trinajstić information content (AvgIpc) is 2.51. The minimum absolute atomic E-state index is 0.0430. The van der Waals surface area contributed by atoms with E-state index in [1.165, 1.54) is 12.3 Å². The first-order valence-corrected chi connectivity index (χ1v) is 7.44. The van der Waals surface area contributed by atoms with Crippen molar-refractivity contribution in [3.8, 4) is 0 Å². The van der Waals surface area contributed by atoms with Gasteiger partial charge in [0.25, 0.3) is 0 Å². The van der Waals surface area contributed by atoms with Crippen LogP contribution in [0.15, 0.2) is 55.4 Å². The highest BCUT2D eigenvalue weighted by molar-refractivity contribution is 6.35. The van der Waals surface area contributed by atoms with Crippen molar-refractivity contribution < 1.29 is 9.90 Å². The number of aliphatic hydroxyl groups is 1. The van der Waals surface area contributed by atoms with Gasteiger partial charge in [-0.15, -0.1) is 6.58 Å². The number of pyridine rings is 1. The van der Waals surface area contributed by atoms with Crippen LogP contribution in [-0.4, -0.2) is 15.9 Å². The molecule has 0 radical (unpaired) electrons. The number of Topliss-reactive ketones (excluding diaryl/α,β-unsaturated/α-hetero) is 1. The summed E-state index contributed by atoms with van der Waals surface area (Å²) in [6.45, 7) is 3.55. The van der Waals surface area contributed by atoms with E-state index < -0.39 is 5.60 Å². The molecule has 0 saturated carbocycles. The summed E-state index contributed by atoms with van der Waals surface area (Å²) in [4.78, 5) is 16.4. The van der Waals surface area contributed by atoms with Crippen molar-refractivity contribution in [3.63, 3.8) is 0 Å². The molecule has 0 amide bonds. The Balaban J connectivity index is 2.45. The lowest BCUT2D eigenvalue weighted by Gasteiger charge is -2.27. The van der Waals surface area contributed by atoms with Gasteiger partial charge in [-0.3, -0.25) is 9.78 Å². The molecule has 3 nitrogen and oxygen atoms in total. The molecule has 22 heavy (non-hydrogen) atoms. The van der Waals surface area contributed by atoms with Crippen LogP contribution in [0.5, 0.6) is 0 Å². The molecule has 0 fully saturated rings. The van der Waals surface area contributed by atoms with E-state index in [2.05, 4.69) is 11.6 Å². The Bertz CT molecular complexity index is 688. The molecule has 1 unspecified atom stereocenters. The third-order valence-corrected chi connectivity index (χ3v) is 3.98. The maximum atomic E-state index is 12.4. The molecule has 2 rings (SSSR count). The summed E-state index contributed by atoms with van der Waals surface area (Å²) in [5.74, 6) is -0.360. The van der Waals surface area contributed by atoms with Crippen molar-refractivity contribution in [2.45, 2.75) is 18.4 Å². The zero-order chi connectivity index (χ0) is 16.2. The molecular formula is C17H15Cl2NO2. The highest BCUT2D eigenvalue weighted by atomic mass is 35.5. The average molecular weight is 336 g/mol. The van der Waals surface area contributed by atoms with Crippen LogP contribution < -0.4 is 0 Å². The summed E-state index contributed by atoms with van der Waals surface area (Å²) in [5.41, 5.74) is -0.650. The number of carbonyl (C=O) groups excluding carboxylic acids is 1. The molecule has 0 aliphatic rings. The molecule has 1 N–H and O–H groups in total. The molecular weight excluding hydrogens is 321 g/mol. The fourth-order valence-electron chi connectivity index (χ4n) is 2.21. The predicted octanol–water partition coefficient (Wildman–Crippen LogP) is 3.96. The zero-order valence-corrected chi connectivity index (χ0v) is 13.3. The lowest BCUT2D eigenvalue weighted by Crippen LogP contribution is -2.38. The molecule has 0 aliphatic heterocycles. The van der Waals surface area contributed by atoms with Crippen LogP contribution in [0.25, 0.3) is 0 Å². The summed E-state index contributed by atoms with van der Waals surface area (Å²) in [6.07, 6.45) is 4.62. The number of rotatable bonds is 6. The van der Waals surface area contributed by atoms with Gasteiger partial charge in [-0.2, -0.15) is 0 Å². The maximum Gasteiger partial charge on any atom is 0.173 e. The van der Waals surface area contributed by atoms with Crippen LogP contribution in [0.4, 0.5) is 0 Å². The highest BCUT2D eigenvalue weighted by Gasteiger charge is 2.37. The second kappa shape index (κ2) is 7.05. The standard InChI is InChI=1S/C17H15Cl2NO2/c1-2-4-16(21)17(22,13-5-3-8-20-11-13)10-12-6-7-14(18)9-15(12)19/h2-3,5-9,11,22H,1,4,10H2. The Hall–Kier alpha value is -1.68. The normalized spacial score (nSPS) is 13.4. The number of carbonyl (C=O) groups is 1. The van der Waals surface area contributed by atoms with E-state index in [1.54, 1.807) is 36.5 Å². The van der Waals surface area contributed by atoms with Crippen molar-refractivity contribution in [2.75, 3.05) is 0 Å². The minimum atomic E-state index is -1.71. The number of halogens is 2. The molecule has 1 aromatic heterocycles. The van der Waals surface area contributed by atoms with E-state index in [-0.39, 0.29) is 18.6 Å². The van der Waals surface area contributed by atoms with Gasteiger partial charge in [0.2, 0.25) is 0 Å². The van der Waals surface area contributed by atoms with Crippen LogP contribution in [0.2, 0.25) is 10.0 Å². The molecule has 114 valence electrons. The van der Waals surface area contributed by atoms with E-state index >= 15 is 0 Å². The number of allylic oxidation sites excluding steroid dienone is 1.